The highest BCUT2D eigenvalue weighted by Crippen LogP contribution is 2.21. The lowest BCUT2D eigenvalue weighted by Crippen LogP contribution is -2.41. The molecule has 0 amide bonds. The number of hydrogen-bond donors (Lipinski definition) is 2. The molecule has 2 rings (SSSR count). The van der Waals surface area contributed by atoms with Crippen LogP contribution in [0.3, 0.4) is 0 Å². The molecule has 0 bridgehead atoms. The van der Waals surface area contributed by atoms with Gasteiger partial charge in [-0.3, -0.25) is 10.1 Å². The highest BCUT2D eigenvalue weighted by molar-refractivity contribution is 5.56. The van der Waals surface area contributed by atoms with Gasteiger partial charge in [0.2, 0.25) is 0 Å². The number of rotatable bonds is 3. The number of hydrogen-bond acceptors (Lipinski definition) is 6. The quantitative estimate of drug-likeness (QED) is 0.629. The fourth-order valence-electron chi connectivity index (χ4n) is 2.21. The van der Waals surface area contributed by atoms with Crippen LogP contribution >= 0.6 is 0 Å². The zero-order chi connectivity index (χ0) is 13.8. The number of nitrogens with zero attached hydrogens (tertiary/aromatic N) is 3. The Labute approximate surface area is 110 Å². The van der Waals surface area contributed by atoms with Gasteiger partial charge in [-0.1, -0.05) is 0 Å². The first-order valence-corrected chi connectivity index (χ1v) is 6.14. The fraction of sp³-hybridized carbons (Fsp3) is 0.500. The number of pyridine rings is 1. The summed E-state index contributed by atoms with van der Waals surface area (Å²) >= 11 is 0. The van der Waals surface area contributed by atoms with Crippen LogP contribution < -0.4 is 10.6 Å². The number of anilines is 1. The lowest BCUT2D eigenvalue weighted by molar-refractivity contribution is -0.385. The summed E-state index contributed by atoms with van der Waals surface area (Å²) in [4.78, 5) is 14.1. The van der Waals surface area contributed by atoms with Gasteiger partial charge in [0.1, 0.15) is 23.6 Å². The van der Waals surface area contributed by atoms with Crippen LogP contribution in [0.4, 0.5) is 11.5 Å². The van der Waals surface area contributed by atoms with E-state index >= 15 is 0 Å². The largest absolute Gasteiger partial charge is 0.366 e. The molecule has 0 radical (unpaired) electrons. The molecular weight excluding hydrogens is 246 g/mol. The lowest BCUT2D eigenvalue weighted by atomic mass is 10.0. The summed E-state index contributed by atoms with van der Waals surface area (Å²) in [6, 6.07) is 3.84. The standard InChI is InChI=1S/C12H15N5O2/c1-8-4-10(2-3-14-8)16-12-9(6-13)5-11(7-15-12)17(18)19/h5,7-8,10,14H,2-4H2,1H3,(H,15,16). The molecule has 7 heteroatoms. The third-order valence-electron chi connectivity index (χ3n) is 3.17. The van der Waals surface area contributed by atoms with Crippen molar-refractivity contribution in [2.45, 2.75) is 31.8 Å². The third-order valence-corrected chi connectivity index (χ3v) is 3.17. The van der Waals surface area contributed by atoms with E-state index in [2.05, 4.69) is 22.5 Å². The Morgan fingerprint density at radius 3 is 3.11 bits per heavy atom. The summed E-state index contributed by atoms with van der Waals surface area (Å²) in [6.07, 6.45) is 3.05. The molecule has 100 valence electrons. The highest BCUT2D eigenvalue weighted by Gasteiger charge is 2.20. The lowest BCUT2D eigenvalue weighted by Gasteiger charge is -2.29. The monoisotopic (exact) mass is 261 g/mol. The first-order valence-electron chi connectivity index (χ1n) is 6.14. The minimum Gasteiger partial charge on any atom is -0.366 e. The molecule has 2 heterocycles. The van der Waals surface area contributed by atoms with Gasteiger partial charge in [-0.05, 0) is 26.3 Å². The molecule has 1 aromatic rings. The molecule has 2 atom stereocenters. The van der Waals surface area contributed by atoms with Crippen molar-refractivity contribution < 1.29 is 4.92 Å². The second kappa shape index (κ2) is 5.63. The molecule has 1 aliphatic rings. The number of piperidine rings is 1. The Kier molecular flexibility index (Phi) is 3.92. The van der Waals surface area contributed by atoms with Gasteiger partial charge in [-0.15, -0.1) is 0 Å². The van der Waals surface area contributed by atoms with E-state index in [1.54, 1.807) is 0 Å². The molecule has 19 heavy (non-hydrogen) atoms. The summed E-state index contributed by atoms with van der Waals surface area (Å²) in [5, 5.41) is 26.2. The van der Waals surface area contributed by atoms with Gasteiger partial charge in [-0.25, -0.2) is 4.98 Å². The second-order valence-electron chi connectivity index (χ2n) is 4.68. The fourth-order valence-corrected chi connectivity index (χ4v) is 2.21. The predicted molar refractivity (Wildman–Crippen MR) is 69.7 cm³/mol. The smallest absolute Gasteiger partial charge is 0.289 e. The zero-order valence-electron chi connectivity index (χ0n) is 10.6. The van der Waals surface area contributed by atoms with Gasteiger partial charge in [0.25, 0.3) is 5.69 Å². The van der Waals surface area contributed by atoms with E-state index in [-0.39, 0.29) is 17.3 Å². The number of aromatic nitrogens is 1. The first-order chi connectivity index (χ1) is 9.10. The van der Waals surface area contributed by atoms with E-state index in [0.717, 1.165) is 19.4 Å². The van der Waals surface area contributed by atoms with Crippen LogP contribution in [0.25, 0.3) is 0 Å². The molecule has 1 fully saturated rings. The van der Waals surface area contributed by atoms with E-state index in [9.17, 15) is 10.1 Å². The van der Waals surface area contributed by atoms with Gasteiger partial charge >= 0.3 is 0 Å². The van der Waals surface area contributed by atoms with Gasteiger partial charge in [0.15, 0.2) is 0 Å². The molecule has 0 aromatic carbocycles. The van der Waals surface area contributed by atoms with Crippen molar-refractivity contribution in [3.05, 3.63) is 27.9 Å². The zero-order valence-corrected chi connectivity index (χ0v) is 10.6. The Bertz CT molecular complexity index is 525. The van der Waals surface area contributed by atoms with Gasteiger partial charge in [-0.2, -0.15) is 5.26 Å². The van der Waals surface area contributed by atoms with E-state index in [0.29, 0.717) is 11.9 Å². The van der Waals surface area contributed by atoms with Gasteiger partial charge in [0, 0.05) is 18.2 Å². The summed E-state index contributed by atoms with van der Waals surface area (Å²) in [5.41, 5.74) is 0.0427. The predicted octanol–water partition coefficient (Wildman–Crippen LogP) is 1.41. The molecule has 2 unspecified atom stereocenters. The van der Waals surface area contributed by atoms with Crippen LogP contribution in [0.1, 0.15) is 25.3 Å². The van der Waals surface area contributed by atoms with E-state index < -0.39 is 4.92 Å². The number of nitro groups is 1. The average Bonchev–Trinajstić information content (AvgIpc) is 2.39. The number of nitrogens with one attached hydrogen (secondary N) is 2. The maximum atomic E-state index is 10.6. The van der Waals surface area contributed by atoms with Crippen LogP contribution in [0.2, 0.25) is 0 Å². The summed E-state index contributed by atoms with van der Waals surface area (Å²) in [6.45, 7) is 3.01. The maximum absolute atomic E-state index is 10.6. The minimum atomic E-state index is -0.551. The summed E-state index contributed by atoms with van der Waals surface area (Å²) < 4.78 is 0. The highest BCUT2D eigenvalue weighted by atomic mass is 16.6. The molecule has 0 aliphatic carbocycles. The molecule has 1 aliphatic heterocycles. The molecule has 7 nitrogen and oxygen atoms in total. The van der Waals surface area contributed by atoms with Crippen molar-refractivity contribution in [3.63, 3.8) is 0 Å². The van der Waals surface area contributed by atoms with Crippen molar-refractivity contribution in [2.24, 2.45) is 0 Å². The van der Waals surface area contributed by atoms with Gasteiger partial charge < -0.3 is 10.6 Å². The van der Waals surface area contributed by atoms with E-state index in [1.807, 2.05) is 6.07 Å². The SMILES string of the molecule is CC1CC(Nc2ncc([N+](=O)[O-])cc2C#N)CCN1. The Morgan fingerprint density at radius 1 is 1.68 bits per heavy atom. The van der Waals surface area contributed by atoms with Crippen molar-refractivity contribution in [3.8, 4) is 6.07 Å². The van der Waals surface area contributed by atoms with Crippen LogP contribution in [-0.2, 0) is 0 Å². The van der Waals surface area contributed by atoms with Crippen molar-refractivity contribution >= 4 is 11.5 Å². The normalized spacial score (nSPS) is 22.5. The average molecular weight is 261 g/mol. The molecule has 2 N–H and O–H groups in total. The Morgan fingerprint density at radius 2 is 2.47 bits per heavy atom. The van der Waals surface area contributed by atoms with E-state index in [1.165, 1.54) is 12.3 Å². The first kappa shape index (κ1) is 13.2. The van der Waals surface area contributed by atoms with E-state index in [4.69, 9.17) is 5.26 Å². The topological polar surface area (TPSA) is 104 Å². The second-order valence-corrected chi connectivity index (χ2v) is 4.68. The van der Waals surface area contributed by atoms with Crippen LogP contribution in [0.15, 0.2) is 12.3 Å². The van der Waals surface area contributed by atoms with Crippen molar-refractivity contribution in [1.82, 2.24) is 10.3 Å². The third kappa shape index (κ3) is 3.17. The van der Waals surface area contributed by atoms with Crippen molar-refractivity contribution in [1.29, 1.82) is 5.26 Å². The summed E-state index contributed by atoms with van der Waals surface area (Å²) in [7, 11) is 0. The van der Waals surface area contributed by atoms with Crippen LogP contribution in [0, 0.1) is 21.4 Å². The number of nitriles is 1. The van der Waals surface area contributed by atoms with Crippen molar-refractivity contribution in [2.75, 3.05) is 11.9 Å². The van der Waals surface area contributed by atoms with Crippen LogP contribution in [-0.4, -0.2) is 28.5 Å². The molecule has 1 aromatic heterocycles. The maximum Gasteiger partial charge on any atom is 0.289 e. The Hall–Kier alpha value is -2.20. The van der Waals surface area contributed by atoms with Crippen LogP contribution in [0.5, 0.6) is 0 Å². The Balaban J connectivity index is 2.16. The van der Waals surface area contributed by atoms with Gasteiger partial charge in [0.05, 0.1) is 4.92 Å². The minimum absolute atomic E-state index is 0.166. The molecule has 0 spiro atoms. The molecule has 1 saturated heterocycles. The molecule has 0 saturated carbocycles. The summed E-state index contributed by atoms with van der Waals surface area (Å²) in [5.74, 6) is 0.423. The molecular formula is C12H15N5O2.